The summed E-state index contributed by atoms with van der Waals surface area (Å²) in [4.78, 5) is 25.8. The standard InChI is InChI=1S/C15H29N3O2/c1-11(2)18-8-6-12(7-9-18)10-16-13(19)14(20)17-15(3,4)5/h11-12H,6-10H2,1-5H3,(H,16,19)(H,17,20). The Hall–Kier alpha value is -1.10. The first-order valence-electron chi connectivity index (χ1n) is 7.53. The smallest absolute Gasteiger partial charge is 0.309 e. The van der Waals surface area contributed by atoms with Crippen molar-refractivity contribution in [2.75, 3.05) is 19.6 Å². The van der Waals surface area contributed by atoms with E-state index in [0.29, 0.717) is 18.5 Å². The maximum Gasteiger partial charge on any atom is 0.309 e. The van der Waals surface area contributed by atoms with E-state index in [9.17, 15) is 9.59 Å². The molecule has 1 aliphatic heterocycles. The third-order valence-electron chi connectivity index (χ3n) is 3.63. The lowest BCUT2D eigenvalue weighted by molar-refractivity contribution is -0.140. The minimum absolute atomic E-state index is 0.378. The van der Waals surface area contributed by atoms with Gasteiger partial charge in [-0.3, -0.25) is 9.59 Å². The Kier molecular flexibility index (Phi) is 5.99. The van der Waals surface area contributed by atoms with Crippen molar-refractivity contribution in [3.8, 4) is 0 Å². The molecule has 0 aromatic rings. The van der Waals surface area contributed by atoms with Crippen LogP contribution in [0.5, 0.6) is 0 Å². The van der Waals surface area contributed by atoms with E-state index in [-0.39, 0.29) is 5.54 Å². The van der Waals surface area contributed by atoms with E-state index >= 15 is 0 Å². The van der Waals surface area contributed by atoms with Crippen LogP contribution in [-0.4, -0.2) is 47.9 Å². The molecule has 5 nitrogen and oxygen atoms in total. The molecular formula is C15H29N3O2. The normalized spacial score (nSPS) is 18.1. The lowest BCUT2D eigenvalue weighted by Crippen LogP contribution is -2.49. The SMILES string of the molecule is CC(C)N1CCC(CNC(=O)C(=O)NC(C)(C)C)CC1. The fraction of sp³-hybridized carbons (Fsp3) is 0.867. The molecule has 0 atom stereocenters. The van der Waals surface area contributed by atoms with Crippen LogP contribution in [0.2, 0.25) is 0 Å². The Bertz CT molecular complexity index is 340. The summed E-state index contributed by atoms with van der Waals surface area (Å²) in [6.45, 7) is 12.7. The summed E-state index contributed by atoms with van der Waals surface area (Å²) in [5.74, 6) is -0.584. The van der Waals surface area contributed by atoms with Gasteiger partial charge in [-0.25, -0.2) is 0 Å². The van der Waals surface area contributed by atoms with E-state index in [1.54, 1.807) is 0 Å². The molecular weight excluding hydrogens is 254 g/mol. The largest absolute Gasteiger partial charge is 0.348 e. The third kappa shape index (κ3) is 5.90. The van der Waals surface area contributed by atoms with Gasteiger partial charge in [-0.05, 0) is 66.5 Å². The predicted octanol–water partition coefficient (Wildman–Crippen LogP) is 1.14. The highest BCUT2D eigenvalue weighted by atomic mass is 16.2. The van der Waals surface area contributed by atoms with E-state index < -0.39 is 11.8 Å². The first kappa shape index (κ1) is 17.0. The zero-order chi connectivity index (χ0) is 15.3. The molecule has 1 aliphatic rings. The number of amides is 2. The third-order valence-corrected chi connectivity index (χ3v) is 3.63. The van der Waals surface area contributed by atoms with Gasteiger partial charge in [0.05, 0.1) is 0 Å². The number of nitrogens with zero attached hydrogens (tertiary/aromatic N) is 1. The van der Waals surface area contributed by atoms with Crippen molar-refractivity contribution in [3.05, 3.63) is 0 Å². The van der Waals surface area contributed by atoms with E-state index in [0.717, 1.165) is 25.9 Å². The van der Waals surface area contributed by atoms with Crippen LogP contribution in [0.3, 0.4) is 0 Å². The molecule has 2 N–H and O–H groups in total. The molecule has 0 aliphatic carbocycles. The molecule has 0 bridgehead atoms. The van der Waals surface area contributed by atoms with E-state index in [2.05, 4.69) is 29.4 Å². The van der Waals surface area contributed by atoms with Gasteiger partial charge in [0, 0.05) is 18.1 Å². The molecule has 1 saturated heterocycles. The van der Waals surface area contributed by atoms with Gasteiger partial charge in [0.15, 0.2) is 0 Å². The maximum atomic E-state index is 11.7. The van der Waals surface area contributed by atoms with E-state index in [1.807, 2.05) is 20.8 Å². The molecule has 0 spiro atoms. The van der Waals surface area contributed by atoms with Crippen molar-refractivity contribution in [2.45, 2.75) is 59.0 Å². The Morgan fingerprint density at radius 2 is 1.70 bits per heavy atom. The minimum Gasteiger partial charge on any atom is -0.348 e. The first-order valence-corrected chi connectivity index (χ1v) is 7.53. The average Bonchev–Trinajstić information content (AvgIpc) is 2.34. The number of likely N-dealkylation sites (tertiary alicyclic amines) is 1. The Morgan fingerprint density at radius 3 is 2.15 bits per heavy atom. The molecule has 0 aromatic heterocycles. The quantitative estimate of drug-likeness (QED) is 0.764. The number of hydrogen-bond donors (Lipinski definition) is 2. The summed E-state index contributed by atoms with van der Waals surface area (Å²) in [6.07, 6.45) is 2.17. The highest BCUT2D eigenvalue weighted by molar-refractivity contribution is 6.35. The summed E-state index contributed by atoms with van der Waals surface area (Å²) < 4.78 is 0. The topological polar surface area (TPSA) is 61.4 Å². The van der Waals surface area contributed by atoms with Crippen molar-refractivity contribution >= 4 is 11.8 Å². The Balaban J connectivity index is 2.27. The number of piperidine rings is 1. The fourth-order valence-electron chi connectivity index (χ4n) is 2.39. The van der Waals surface area contributed by atoms with Gasteiger partial charge < -0.3 is 15.5 Å². The Morgan fingerprint density at radius 1 is 1.15 bits per heavy atom. The van der Waals surface area contributed by atoms with Crippen LogP contribution in [0.25, 0.3) is 0 Å². The highest BCUT2D eigenvalue weighted by Crippen LogP contribution is 2.17. The van der Waals surface area contributed by atoms with Crippen LogP contribution in [-0.2, 0) is 9.59 Å². The van der Waals surface area contributed by atoms with Crippen molar-refractivity contribution in [2.24, 2.45) is 5.92 Å². The molecule has 1 fully saturated rings. The molecule has 1 heterocycles. The van der Waals surface area contributed by atoms with Crippen molar-refractivity contribution in [1.29, 1.82) is 0 Å². The summed E-state index contributed by atoms with van der Waals surface area (Å²) in [7, 11) is 0. The molecule has 0 saturated carbocycles. The molecule has 5 heteroatoms. The second-order valence-corrected chi connectivity index (χ2v) is 6.99. The molecule has 0 radical (unpaired) electrons. The van der Waals surface area contributed by atoms with Gasteiger partial charge in [-0.2, -0.15) is 0 Å². The first-order chi connectivity index (χ1) is 9.19. The molecule has 2 amide bonds. The summed E-state index contributed by atoms with van der Waals surface area (Å²) in [6, 6.07) is 0.586. The van der Waals surface area contributed by atoms with Crippen molar-refractivity contribution in [1.82, 2.24) is 15.5 Å². The number of carbonyl (C=O) groups excluding carboxylic acids is 2. The van der Waals surface area contributed by atoms with Gasteiger partial charge in [0.25, 0.3) is 0 Å². The van der Waals surface area contributed by atoms with Crippen LogP contribution in [0.15, 0.2) is 0 Å². The zero-order valence-electron chi connectivity index (χ0n) is 13.5. The molecule has 20 heavy (non-hydrogen) atoms. The summed E-state index contributed by atoms with van der Waals surface area (Å²) >= 11 is 0. The maximum absolute atomic E-state index is 11.7. The zero-order valence-corrected chi connectivity index (χ0v) is 13.5. The lowest BCUT2D eigenvalue weighted by atomic mass is 9.96. The average molecular weight is 283 g/mol. The van der Waals surface area contributed by atoms with Gasteiger partial charge in [0.2, 0.25) is 0 Å². The highest BCUT2D eigenvalue weighted by Gasteiger charge is 2.23. The monoisotopic (exact) mass is 283 g/mol. The molecule has 0 unspecified atom stereocenters. The van der Waals surface area contributed by atoms with Crippen molar-refractivity contribution in [3.63, 3.8) is 0 Å². The van der Waals surface area contributed by atoms with Crippen LogP contribution in [0.1, 0.15) is 47.5 Å². The van der Waals surface area contributed by atoms with Crippen molar-refractivity contribution < 1.29 is 9.59 Å². The fourth-order valence-corrected chi connectivity index (χ4v) is 2.39. The van der Waals surface area contributed by atoms with Crippen LogP contribution < -0.4 is 10.6 Å². The van der Waals surface area contributed by atoms with Gasteiger partial charge >= 0.3 is 11.8 Å². The van der Waals surface area contributed by atoms with Crippen LogP contribution in [0, 0.1) is 5.92 Å². The van der Waals surface area contributed by atoms with Gasteiger partial charge in [-0.15, -0.1) is 0 Å². The number of carbonyl (C=O) groups is 2. The minimum atomic E-state index is -0.544. The number of rotatable bonds is 3. The lowest BCUT2D eigenvalue weighted by Gasteiger charge is -2.34. The van der Waals surface area contributed by atoms with Crippen LogP contribution in [0.4, 0.5) is 0 Å². The Labute approximate surface area is 122 Å². The predicted molar refractivity (Wildman–Crippen MR) is 80.3 cm³/mol. The number of nitrogens with one attached hydrogen (secondary N) is 2. The summed E-state index contributed by atoms with van der Waals surface area (Å²) in [5.41, 5.74) is -0.378. The van der Waals surface area contributed by atoms with Crippen LogP contribution >= 0.6 is 0 Å². The van der Waals surface area contributed by atoms with E-state index in [1.165, 1.54) is 0 Å². The molecule has 0 aromatic carbocycles. The number of hydrogen-bond acceptors (Lipinski definition) is 3. The van der Waals surface area contributed by atoms with Gasteiger partial charge in [-0.1, -0.05) is 0 Å². The second-order valence-electron chi connectivity index (χ2n) is 6.99. The second kappa shape index (κ2) is 7.07. The van der Waals surface area contributed by atoms with E-state index in [4.69, 9.17) is 0 Å². The van der Waals surface area contributed by atoms with Gasteiger partial charge in [0.1, 0.15) is 0 Å². The summed E-state index contributed by atoms with van der Waals surface area (Å²) in [5, 5.41) is 5.42. The molecule has 1 rings (SSSR count). The molecule has 116 valence electrons.